The van der Waals surface area contributed by atoms with Gasteiger partial charge in [-0.15, -0.1) is 11.6 Å². The average Bonchev–Trinajstić information content (AvgIpc) is 2.14. The van der Waals surface area contributed by atoms with Gasteiger partial charge in [-0.2, -0.15) is 0 Å². The molecule has 0 saturated heterocycles. The van der Waals surface area contributed by atoms with Gasteiger partial charge in [-0.3, -0.25) is 0 Å². The summed E-state index contributed by atoms with van der Waals surface area (Å²) >= 11 is 5.45. The van der Waals surface area contributed by atoms with E-state index < -0.39 is 0 Å². The lowest BCUT2D eigenvalue weighted by atomic mass is 10.4. The normalized spacial score (nSPS) is 9.29. The van der Waals surface area contributed by atoms with Crippen molar-refractivity contribution >= 4 is 11.6 Å². The highest BCUT2D eigenvalue weighted by atomic mass is 35.5. The van der Waals surface area contributed by atoms with E-state index in [9.17, 15) is 0 Å². The number of aromatic nitrogens is 1. The summed E-state index contributed by atoms with van der Waals surface area (Å²) in [5.41, 5.74) is 1.14. The van der Waals surface area contributed by atoms with E-state index in [4.69, 9.17) is 11.6 Å². The second-order valence-corrected chi connectivity index (χ2v) is 1.62. The number of hydrogen-bond donors (Lipinski definition) is 1. The van der Waals surface area contributed by atoms with Crippen LogP contribution < -0.4 is 0 Å². The van der Waals surface area contributed by atoms with Gasteiger partial charge < -0.3 is 4.98 Å². The van der Waals surface area contributed by atoms with Gasteiger partial charge in [0.2, 0.25) is 0 Å². The second kappa shape index (κ2) is 2.03. The number of H-pyrrole nitrogens is 1. The largest absolute Gasteiger partial charge is 0.367 e. The molecule has 0 amide bonds. The molecule has 0 fully saturated rings. The van der Waals surface area contributed by atoms with E-state index in [0.29, 0.717) is 5.88 Å². The number of rotatable bonds is 1. The molecule has 0 atom stereocenters. The number of alkyl halides is 1. The molecule has 1 heterocycles. The standard InChI is InChI=1S/C5H6ClN/c6-3-5-1-2-7-4-5/h1-2,4,7H,3H2. The van der Waals surface area contributed by atoms with Crippen LogP contribution in [0.1, 0.15) is 5.56 Å². The molecule has 38 valence electrons. The SMILES string of the molecule is ClCc1cc[nH]c1. The van der Waals surface area contributed by atoms with Crippen molar-refractivity contribution in [2.45, 2.75) is 5.88 Å². The van der Waals surface area contributed by atoms with Gasteiger partial charge in [-0.1, -0.05) is 0 Å². The van der Waals surface area contributed by atoms with Crippen LogP contribution in [0.3, 0.4) is 0 Å². The summed E-state index contributed by atoms with van der Waals surface area (Å²) in [5.74, 6) is 0.601. The van der Waals surface area contributed by atoms with Gasteiger partial charge in [0.05, 0.1) is 0 Å². The minimum absolute atomic E-state index is 0.601. The quantitative estimate of drug-likeness (QED) is 0.537. The monoisotopic (exact) mass is 115 g/mol. The van der Waals surface area contributed by atoms with E-state index in [2.05, 4.69) is 4.98 Å². The van der Waals surface area contributed by atoms with Gasteiger partial charge in [0.1, 0.15) is 0 Å². The van der Waals surface area contributed by atoms with Crippen LogP contribution in [0.2, 0.25) is 0 Å². The number of hydrogen-bond acceptors (Lipinski definition) is 0. The first-order valence-electron chi connectivity index (χ1n) is 2.11. The Labute approximate surface area is 47.3 Å². The van der Waals surface area contributed by atoms with Crippen LogP contribution in [-0.2, 0) is 5.88 Å². The zero-order valence-electron chi connectivity index (χ0n) is 3.82. The van der Waals surface area contributed by atoms with Crippen LogP contribution in [0.15, 0.2) is 18.5 Å². The molecule has 0 aliphatic rings. The minimum Gasteiger partial charge on any atom is -0.367 e. The highest BCUT2D eigenvalue weighted by Crippen LogP contribution is 1.98. The van der Waals surface area contributed by atoms with Crippen molar-refractivity contribution in [2.75, 3.05) is 0 Å². The fraction of sp³-hybridized carbons (Fsp3) is 0.200. The fourth-order valence-electron chi connectivity index (χ4n) is 0.442. The molecule has 0 aliphatic carbocycles. The van der Waals surface area contributed by atoms with Gasteiger partial charge in [0, 0.05) is 18.3 Å². The molecule has 1 N–H and O–H groups in total. The van der Waals surface area contributed by atoms with E-state index in [1.807, 2.05) is 18.5 Å². The van der Waals surface area contributed by atoms with Crippen LogP contribution in [-0.4, -0.2) is 4.98 Å². The zero-order chi connectivity index (χ0) is 5.11. The smallest absolute Gasteiger partial charge is 0.0488 e. The van der Waals surface area contributed by atoms with Crippen molar-refractivity contribution in [3.05, 3.63) is 24.0 Å². The zero-order valence-corrected chi connectivity index (χ0v) is 4.57. The van der Waals surface area contributed by atoms with Crippen LogP contribution in [0.25, 0.3) is 0 Å². The maximum Gasteiger partial charge on any atom is 0.0488 e. The molecule has 2 heteroatoms. The van der Waals surface area contributed by atoms with Crippen molar-refractivity contribution < 1.29 is 0 Å². The maximum atomic E-state index is 5.45. The summed E-state index contributed by atoms with van der Waals surface area (Å²) in [6, 6.07) is 1.95. The number of nitrogens with one attached hydrogen (secondary N) is 1. The van der Waals surface area contributed by atoms with Gasteiger partial charge in [-0.05, 0) is 11.6 Å². The van der Waals surface area contributed by atoms with Crippen molar-refractivity contribution in [2.24, 2.45) is 0 Å². The Balaban J connectivity index is 2.76. The third-order valence-electron chi connectivity index (χ3n) is 0.817. The Morgan fingerprint density at radius 3 is 2.86 bits per heavy atom. The van der Waals surface area contributed by atoms with Crippen LogP contribution >= 0.6 is 11.6 Å². The number of halogens is 1. The first kappa shape index (κ1) is 4.72. The summed E-state index contributed by atoms with van der Waals surface area (Å²) in [5, 5.41) is 0. The molecule has 0 radical (unpaired) electrons. The highest BCUT2D eigenvalue weighted by molar-refractivity contribution is 6.17. The lowest BCUT2D eigenvalue weighted by Crippen LogP contribution is -1.63. The molecule has 0 saturated carbocycles. The summed E-state index contributed by atoms with van der Waals surface area (Å²) in [6.45, 7) is 0. The summed E-state index contributed by atoms with van der Waals surface area (Å²) in [7, 11) is 0. The van der Waals surface area contributed by atoms with Gasteiger partial charge in [0.25, 0.3) is 0 Å². The third kappa shape index (κ3) is 0.967. The predicted octanol–water partition coefficient (Wildman–Crippen LogP) is 1.75. The van der Waals surface area contributed by atoms with Crippen LogP contribution in [0.5, 0.6) is 0 Å². The summed E-state index contributed by atoms with van der Waals surface area (Å²) < 4.78 is 0. The summed E-state index contributed by atoms with van der Waals surface area (Å²) in [6.07, 6.45) is 3.74. The first-order chi connectivity index (χ1) is 3.43. The average molecular weight is 116 g/mol. The topological polar surface area (TPSA) is 15.8 Å². The van der Waals surface area contributed by atoms with Crippen molar-refractivity contribution in [3.8, 4) is 0 Å². The molecule has 0 aromatic carbocycles. The molecule has 1 nitrogen and oxygen atoms in total. The van der Waals surface area contributed by atoms with E-state index in [0.717, 1.165) is 5.56 Å². The molecule has 0 aliphatic heterocycles. The lowest BCUT2D eigenvalue weighted by Gasteiger charge is -1.76. The van der Waals surface area contributed by atoms with Gasteiger partial charge in [0.15, 0.2) is 0 Å². The fourth-order valence-corrected chi connectivity index (χ4v) is 0.608. The lowest BCUT2D eigenvalue weighted by molar-refractivity contribution is 1.37. The molecule has 0 spiro atoms. The molecular formula is C5H6ClN. The molecular weight excluding hydrogens is 110 g/mol. The molecule has 1 aromatic rings. The van der Waals surface area contributed by atoms with E-state index in [1.165, 1.54) is 0 Å². The Morgan fingerprint density at radius 1 is 1.71 bits per heavy atom. The second-order valence-electron chi connectivity index (χ2n) is 1.35. The maximum absolute atomic E-state index is 5.45. The summed E-state index contributed by atoms with van der Waals surface area (Å²) in [4.78, 5) is 2.90. The van der Waals surface area contributed by atoms with E-state index in [1.54, 1.807) is 0 Å². The van der Waals surface area contributed by atoms with Gasteiger partial charge >= 0.3 is 0 Å². The highest BCUT2D eigenvalue weighted by Gasteiger charge is 1.83. The van der Waals surface area contributed by atoms with Gasteiger partial charge in [-0.25, -0.2) is 0 Å². The predicted molar refractivity (Wildman–Crippen MR) is 30.3 cm³/mol. The van der Waals surface area contributed by atoms with Crippen molar-refractivity contribution in [3.63, 3.8) is 0 Å². The van der Waals surface area contributed by atoms with Crippen LogP contribution in [0, 0.1) is 0 Å². The third-order valence-corrected chi connectivity index (χ3v) is 1.13. The molecule has 1 rings (SSSR count). The molecule has 0 bridgehead atoms. The van der Waals surface area contributed by atoms with Crippen molar-refractivity contribution in [1.29, 1.82) is 0 Å². The Hall–Kier alpha value is -0.430. The number of aromatic amines is 1. The molecule has 7 heavy (non-hydrogen) atoms. The Kier molecular flexibility index (Phi) is 1.37. The first-order valence-corrected chi connectivity index (χ1v) is 2.64. The van der Waals surface area contributed by atoms with Crippen LogP contribution in [0.4, 0.5) is 0 Å². The van der Waals surface area contributed by atoms with E-state index >= 15 is 0 Å². The van der Waals surface area contributed by atoms with E-state index in [-0.39, 0.29) is 0 Å². The minimum atomic E-state index is 0.601. The Morgan fingerprint density at radius 2 is 2.57 bits per heavy atom. The molecule has 1 aromatic heterocycles. The Bertz CT molecular complexity index is 123. The van der Waals surface area contributed by atoms with Crippen molar-refractivity contribution in [1.82, 2.24) is 4.98 Å². The molecule has 0 unspecified atom stereocenters.